The molecule has 0 N–H and O–H groups in total. The van der Waals surface area contributed by atoms with Gasteiger partial charge in [0, 0.05) is 0 Å². The van der Waals surface area contributed by atoms with Crippen LogP contribution in [0.15, 0.2) is 0 Å². The molecule has 0 aromatic carbocycles. The molecule has 7 heavy (non-hydrogen) atoms. The van der Waals surface area contributed by atoms with E-state index in [0.29, 0.717) is 0 Å². The van der Waals surface area contributed by atoms with Crippen LogP contribution in [0.5, 0.6) is 0 Å². The molecule has 0 spiro atoms. The van der Waals surface area contributed by atoms with Gasteiger partial charge in [-0.1, -0.05) is 58.3 Å². The van der Waals surface area contributed by atoms with E-state index < -0.39 is 5.57 Å². The number of hydrogen-bond acceptors (Lipinski definition) is 0. The highest BCUT2D eigenvalue weighted by atomic mass is 127. The van der Waals surface area contributed by atoms with Gasteiger partial charge in [-0.2, -0.15) is 0 Å². The molecule has 0 saturated carbocycles. The van der Waals surface area contributed by atoms with E-state index >= 15 is 0 Å². The van der Waals surface area contributed by atoms with Crippen LogP contribution in [-0.4, -0.2) is 7.13 Å². The van der Waals surface area contributed by atoms with Crippen LogP contribution in [0.2, 0.25) is 13.1 Å². The summed E-state index contributed by atoms with van der Waals surface area (Å²) in [5.41, 5.74) is -0.791. The Morgan fingerprint density at radius 2 is 1.43 bits per heavy atom. The van der Waals surface area contributed by atoms with Crippen molar-refractivity contribution >= 4 is 72.5 Å². The molecule has 0 fully saturated rings. The quantitative estimate of drug-likeness (QED) is 0.248. The molecule has 0 amide bonds. The van der Waals surface area contributed by atoms with Crippen LogP contribution in [-0.2, 0) is 0 Å². The van der Waals surface area contributed by atoms with Gasteiger partial charge in [0.05, 0.1) is 1.55 Å². The molecule has 0 aliphatic rings. The smallest absolute Gasteiger partial charge is 0.117 e. The zero-order valence-electron chi connectivity index (χ0n) is 4.21. The van der Waals surface area contributed by atoms with Gasteiger partial charge in [-0.15, -0.1) is 21.8 Å². The standard InChI is InChI=1S/C3H7I3Si/c1-7(2,6)3(4)5/h3H,1-2H3. The molecule has 44 valence electrons. The Kier molecular flexibility index (Phi) is 4.76. The van der Waals surface area contributed by atoms with E-state index in [1.54, 1.807) is 0 Å². The van der Waals surface area contributed by atoms with Gasteiger partial charge in [0.25, 0.3) is 0 Å². The van der Waals surface area contributed by atoms with Gasteiger partial charge in [-0.25, -0.2) is 0 Å². The van der Waals surface area contributed by atoms with Crippen molar-refractivity contribution in [1.29, 1.82) is 0 Å². The minimum Gasteiger partial charge on any atom is -0.117 e. The predicted molar refractivity (Wildman–Crippen MR) is 63.3 cm³/mol. The average molecular weight is 452 g/mol. The van der Waals surface area contributed by atoms with Crippen molar-refractivity contribution in [3.8, 4) is 0 Å². The van der Waals surface area contributed by atoms with Crippen molar-refractivity contribution in [3.05, 3.63) is 0 Å². The van der Waals surface area contributed by atoms with E-state index in [4.69, 9.17) is 0 Å². The summed E-state index contributed by atoms with van der Waals surface area (Å²) in [6, 6.07) is 0. The van der Waals surface area contributed by atoms with Crippen LogP contribution >= 0.6 is 67.0 Å². The summed E-state index contributed by atoms with van der Waals surface area (Å²) in [5, 5.41) is 0. The second kappa shape index (κ2) is 3.54. The Balaban J connectivity index is 3.54. The molecule has 0 saturated heterocycles. The van der Waals surface area contributed by atoms with Crippen LogP contribution in [0.3, 0.4) is 0 Å². The van der Waals surface area contributed by atoms with Gasteiger partial charge in [0.1, 0.15) is 5.57 Å². The molecule has 0 aliphatic carbocycles. The molecule has 0 aliphatic heterocycles. The first-order chi connectivity index (χ1) is 2.94. The molecule has 0 radical (unpaired) electrons. The Hall–Kier alpha value is 2.41. The third-order valence-corrected chi connectivity index (χ3v) is 19.9. The fourth-order valence-electron chi connectivity index (χ4n) is 0. The van der Waals surface area contributed by atoms with Crippen LogP contribution in [0.4, 0.5) is 0 Å². The molecular weight excluding hydrogens is 445 g/mol. The average Bonchev–Trinajstić information content (AvgIpc) is 1.31. The number of halogens is 3. The van der Waals surface area contributed by atoms with Crippen molar-refractivity contribution in [2.24, 2.45) is 0 Å². The third-order valence-electron chi connectivity index (χ3n) is 0.519. The predicted octanol–water partition coefficient (Wildman–Crippen LogP) is 3.36. The van der Waals surface area contributed by atoms with Crippen molar-refractivity contribution < 1.29 is 0 Å². The second-order valence-corrected chi connectivity index (χ2v) is 21.1. The molecule has 0 aromatic rings. The molecule has 4 heteroatoms. The summed E-state index contributed by atoms with van der Waals surface area (Å²) in [6.45, 7) is 4.74. The molecule has 0 aromatic heterocycles. The lowest BCUT2D eigenvalue weighted by atomic mass is 11.8. The summed E-state index contributed by atoms with van der Waals surface area (Å²) in [4.78, 5) is 0. The van der Waals surface area contributed by atoms with Gasteiger partial charge in [0.15, 0.2) is 0 Å². The van der Waals surface area contributed by atoms with E-state index in [1.807, 2.05) is 0 Å². The van der Waals surface area contributed by atoms with Gasteiger partial charge in [-0.3, -0.25) is 0 Å². The molecule has 0 heterocycles. The fraction of sp³-hybridized carbons (Fsp3) is 1.00. The van der Waals surface area contributed by atoms with Gasteiger partial charge in [-0.05, 0) is 0 Å². The van der Waals surface area contributed by atoms with Crippen molar-refractivity contribution in [3.63, 3.8) is 0 Å². The van der Waals surface area contributed by atoms with E-state index in [2.05, 4.69) is 80.1 Å². The molecular formula is C3H7I3Si. The van der Waals surface area contributed by atoms with Crippen molar-refractivity contribution in [1.82, 2.24) is 0 Å². The van der Waals surface area contributed by atoms with E-state index in [1.165, 1.54) is 0 Å². The van der Waals surface area contributed by atoms with Crippen LogP contribution in [0.25, 0.3) is 0 Å². The first-order valence-electron chi connectivity index (χ1n) is 1.91. The normalized spacial score (nSPS) is 12.9. The van der Waals surface area contributed by atoms with E-state index in [0.717, 1.165) is 1.55 Å². The van der Waals surface area contributed by atoms with Crippen LogP contribution in [0, 0.1) is 0 Å². The molecule has 0 atom stereocenters. The maximum absolute atomic E-state index is 2.59. The third kappa shape index (κ3) is 4.88. The first kappa shape index (κ1) is 9.41. The Morgan fingerprint density at radius 3 is 1.43 bits per heavy atom. The first-order valence-corrected chi connectivity index (χ1v) is 10.6. The van der Waals surface area contributed by atoms with Crippen LogP contribution in [0.1, 0.15) is 0 Å². The molecule has 0 bridgehead atoms. The number of rotatable bonds is 1. The Bertz CT molecular complexity index is 55.7. The summed E-state index contributed by atoms with van der Waals surface area (Å²) in [7, 11) is 0. The highest BCUT2D eigenvalue weighted by molar-refractivity contribution is 14.2. The number of alkyl halides is 2. The summed E-state index contributed by atoms with van der Waals surface area (Å²) < 4.78 is 0.864. The monoisotopic (exact) mass is 452 g/mol. The zero-order chi connectivity index (χ0) is 6.08. The second-order valence-electron chi connectivity index (χ2n) is 1.87. The lowest BCUT2D eigenvalue weighted by Crippen LogP contribution is -2.24. The maximum atomic E-state index is 2.59. The topological polar surface area (TPSA) is 0 Å². The zero-order valence-corrected chi connectivity index (χ0v) is 11.7. The van der Waals surface area contributed by atoms with Gasteiger partial charge < -0.3 is 0 Å². The molecule has 0 rings (SSSR count). The van der Waals surface area contributed by atoms with E-state index in [9.17, 15) is 0 Å². The summed E-state index contributed by atoms with van der Waals surface area (Å²) in [6.07, 6.45) is 0. The number of hydrogen-bond donors (Lipinski definition) is 0. The molecule has 0 unspecified atom stereocenters. The Labute approximate surface area is 85.7 Å². The van der Waals surface area contributed by atoms with E-state index in [-0.39, 0.29) is 0 Å². The minimum atomic E-state index is -0.791. The maximum Gasteiger partial charge on any atom is 0.143 e. The lowest BCUT2D eigenvalue weighted by molar-refractivity contribution is 1.86. The highest BCUT2D eigenvalue weighted by Crippen LogP contribution is 2.28. The minimum absolute atomic E-state index is 0.791. The SMILES string of the molecule is C[Si](C)(I)C(I)I. The highest BCUT2D eigenvalue weighted by Gasteiger charge is 2.23. The Morgan fingerprint density at radius 1 is 1.29 bits per heavy atom. The summed E-state index contributed by atoms with van der Waals surface area (Å²) in [5.74, 6) is 0. The van der Waals surface area contributed by atoms with Crippen molar-refractivity contribution in [2.75, 3.05) is 0 Å². The van der Waals surface area contributed by atoms with Gasteiger partial charge in [0.2, 0.25) is 0 Å². The van der Waals surface area contributed by atoms with Gasteiger partial charge >= 0.3 is 0 Å². The largest absolute Gasteiger partial charge is 0.143 e. The fourth-order valence-corrected chi connectivity index (χ4v) is 0. The molecule has 0 nitrogen and oxygen atoms in total. The summed E-state index contributed by atoms with van der Waals surface area (Å²) >= 11 is 7.57. The lowest BCUT2D eigenvalue weighted by Gasteiger charge is -2.13. The van der Waals surface area contributed by atoms with Crippen LogP contribution < -0.4 is 0 Å². The van der Waals surface area contributed by atoms with Crippen molar-refractivity contribution in [2.45, 2.75) is 14.6 Å².